The summed E-state index contributed by atoms with van der Waals surface area (Å²) in [6.45, 7) is 8.18. The molecule has 6 nitrogen and oxygen atoms in total. The fourth-order valence-electron chi connectivity index (χ4n) is 2.76. The van der Waals surface area contributed by atoms with Crippen LogP contribution in [0, 0.1) is 0 Å². The van der Waals surface area contributed by atoms with E-state index >= 15 is 0 Å². The van der Waals surface area contributed by atoms with E-state index in [4.69, 9.17) is 0 Å². The third kappa shape index (κ3) is 6.68. The van der Waals surface area contributed by atoms with Gasteiger partial charge >= 0.3 is 0 Å². The lowest BCUT2D eigenvalue weighted by Crippen LogP contribution is -2.46. The molecule has 2 rings (SSSR count). The molecule has 1 aromatic carbocycles. The summed E-state index contributed by atoms with van der Waals surface area (Å²) in [7, 11) is 0. The zero-order chi connectivity index (χ0) is 17.2. The zero-order valence-electron chi connectivity index (χ0n) is 14.5. The number of rotatable bonds is 8. The molecule has 132 valence electrons. The van der Waals surface area contributed by atoms with Gasteiger partial charge in [0.05, 0.1) is 0 Å². The summed E-state index contributed by atoms with van der Waals surface area (Å²) in [6, 6.07) is 9.84. The highest BCUT2D eigenvalue weighted by atomic mass is 16.2. The van der Waals surface area contributed by atoms with Crippen LogP contribution in [-0.4, -0.2) is 67.4 Å². The van der Waals surface area contributed by atoms with Gasteiger partial charge in [0.2, 0.25) is 11.8 Å². The Bertz CT molecular complexity index is 515. The summed E-state index contributed by atoms with van der Waals surface area (Å²) in [4.78, 5) is 27.8. The first-order valence-corrected chi connectivity index (χ1v) is 8.64. The van der Waals surface area contributed by atoms with Gasteiger partial charge in [-0.15, -0.1) is 0 Å². The first-order chi connectivity index (χ1) is 11.6. The van der Waals surface area contributed by atoms with Crippen molar-refractivity contribution in [2.24, 2.45) is 0 Å². The second kappa shape index (κ2) is 10.1. The predicted octanol–water partition coefficient (Wildman–Crippen LogP) is 0.447. The molecular weight excluding hydrogens is 304 g/mol. The molecule has 0 bridgehead atoms. The Hall–Kier alpha value is -1.92. The summed E-state index contributed by atoms with van der Waals surface area (Å²) in [5.41, 5.74) is 1.08. The lowest BCUT2D eigenvalue weighted by molar-refractivity contribution is -0.130. The van der Waals surface area contributed by atoms with E-state index in [2.05, 4.69) is 15.5 Å². The van der Waals surface area contributed by atoms with Gasteiger partial charge < -0.3 is 15.5 Å². The maximum absolute atomic E-state index is 12.0. The molecule has 1 aromatic rings. The number of hydrogen-bond acceptors (Lipinski definition) is 4. The van der Waals surface area contributed by atoms with Crippen LogP contribution < -0.4 is 10.6 Å². The van der Waals surface area contributed by atoms with Crippen molar-refractivity contribution in [1.29, 1.82) is 0 Å². The summed E-state index contributed by atoms with van der Waals surface area (Å²) in [6.07, 6.45) is 0.341. The standard InChI is InChI=1S/C18H28N4O2/c1-16(23)22(15-17-5-3-2-4-6-17)11-7-18(24)20-10-14-21-12-8-19-9-13-21/h2-6,19H,7-15H2,1H3,(H,20,24). The molecule has 1 saturated heterocycles. The van der Waals surface area contributed by atoms with E-state index in [-0.39, 0.29) is 11.8 Å². The molecule has 1 heterocycles. The van der Waals surface area contributed by atoms with Gasteiger partial charge in [0, 0.05) is 65.7 Å². The number of hydrogen-bond donors (Lipinski definition) is 2. The Morgan fingerprint density at radius 1 is 1.21 bits per heavy atom. The van der Waals surface area contributed by atoms with Gasteiger partial charge in [0.15, 0.2) is 0 Å². The van der Waals surface area contributed by atoms with Crippen molar-refractivity contribution < 1.29 is 9.59 Å². The number of benzene rings is 1. The van der Waals surface area contributed by atoms with E-state index in [9.17, 15) is 9.59 Å². The van der Waals surface area contributed by atoms with Crippen LogP contribution in [0.1, 0.15) is 18.9 Å². The van der Waals surface area contributed by atoms with Gasteiger partial charge in [-0.25, -0.2) is 0 Å². The molecule has 0 radical (unpaired) electrons. The van der Waals surface area contributed by atoms with Crippen molar-refractivity contribution >= 4 is 11.8 Å². The molecule has 0 aliphatic carbocycles. The highest BCUT2D eigenvalue weighted by Gasteiger charge is 2.13. The van der Waals surface area contributed by atoms with E-state index in [1.54, 1.807) is 11.8 Å². The molecule has 2 amide bonds. The molecule has 2 N–H and O–H groups in total. The van der Waals surface area contributed by atoms with Crippen molar-refractivity contribution in [2.75, 3.05) is 45.8 Å². The Labute approximate surface area is 144 Å². The van der Waals surface area contributed by atoms with Gasteiger partial charge in [-0.05, 0) is 5.56 Å². The monoisotopic (exact) mass is 332 g/mol. The second-order valence-corrected chi connectivity index (χ2v) is 6.12. The largest absolute Gasteiger partial charge is 0.355 e. The van der Waals surface area contributed by atoms with Crippen molar-refractivity contribution in [2.45, 2.75) is 19.9 Å². The highest BCUT2D eigenvalue weighted by molar-refractivity contribution is 5.78. The smallest absolute Gasteiger partial charge is 0.221 e. The van der Waals surface area contributed by atoms with Crippen LogP contribution in [0.2, 0.25) is 0 Å². The van der Waals surface area contributed by atoms with Gasteiger partial charge in [0.1, 0.15) is 0 Å². The average molecular weight is 332 g/mol. The molecular formula is C18H28N4O2. The second-order valence-electron chi connectivity index (χ2n) is 6.12. The van der Waals surface area contributed by atoms with Gasteiger partial charge in [0.25, 0.3) is 0 Å². The Balaban J connectivity index is 1.67. The van der Waals surface area contributed by atoms with Crippen molar-refractivity contribution in [3.63, 3.8) is 0 Å². The van der Waals surface area contributed by atoms with E-state index in [0.29, 0.717) is 26.1 Å². The molecule has 0 spiro atoms. The normalized spacial score (nSPS) is 15.0. The van der Waals surface area contributed by atoms with Crippen LogP contribution >= 0.6 is 0 Å². The number of amides is 2. The highest BCUT2D eigenvalue weighted by Crippen LogP contribution is 2.05. The molecule has 24 heavy (non-hydrogen) atoms. The molecule has 0 saturated carbocycles. The third-order valence-corrected chi connectivity index (χ3v) is 4.23. The number of carbonyl (C=O) groups is 2. The van der Waals surface area contributed by atoms with Crippen LogP contribution in [0.25, 0.3) is 0 Å². The van der Waals surface area contributed by atoms with Crippen molar-refractivity contribution in [3.05, 3.63) is 35.9 Å². The minimum absolute atomic E-state index is 0.00412. The number of piperazine rings is 1. The SMILES string of the molecule is CC(=O)N(CCC(=O)NCCN1CCNCC1)Cc1ccccc1. The molecule has 1 aliphatic rings. The molecule has 0 unspecified atom stereocenters. The van der Waals surface area contributed by atoms with E-state index in [0.717, 1.165) is 38.3 Å². The predicted molar refractivity (Wildman–Crippen MR) is 94.5 cm³/mol. The average Bonchev–Trinajstić information content (AvgIpc) is 2.60. The fourth-order valence-corrected chi connectivity index (χ4v) is 2.76. The van der Waals surface area contributed by atoms with Gasteiger partial charge in [-0.1, -0.05) is 30.3 Å². The van der Waals surface area contributed by atoms with Crippen LogP contribution in [0.5, 0.6) is 0 Å². The lowest BCUT2D eigenvalue weighted by Gasteiger charge is -2.27. The van der Waals surface area contributed by atoms with Crippen LogP contribution in [0.3, 0.4) is 0 Å². The topological polar surface area (TPSA) is 64.7 Å². The number of carbonyl (C=O) groups excluding carboxylic acids is 2. The molecule has 1 aliphatic heterocycles. The zero-order valence-corrected chi connectivity index (χ0v) is 14.5. The minimum atomic E-state index is -0.00697. The summed E-state index contributed by atoms with van der Waals surface area (Å²) in [5.74, 6) is -0.00286. The molecule has 1 fully saturated rings. The number of nitrogens with zero attached hydrogens (tertiary/aromatic N) is 2. The summed E-state index contributed by atoms with van der Waals surface area (Å²) in [5, 5.41) is 6.26. The van der Waals surface area contributed by atoms with Crippen molar-refractivity contribution in [1.82, 2.24) is 20.4 Å². The van der Waals surface area contributed by atoms with Crippen LogP contribution in [0.4, 0.5) is 0 Å². The molecule has 0 aromatic heterocycles. The summed E-state index contributed by atoms with van der Waals surface area (Å²) < 4.78 is 0. The number of nitrogens with one attached hydrogen (secondary N) is 2. The van der Waals surface area contributed by atoms with Gasteiger partial charge in [-0.3, -0.25) is 14.5 Å². The van der Waals surface area contributed by atoms with Crippen LogP contribution in [0.15, 0.2) is 30.3 Å². The maximum atomic E-state index is 12.0. The van der Waals surface area contributed by atoms with Gasteiger partial charge in [-0.2, -0.15) is 0 Å². The third-order valence-electron chi connectivity index (χ3n) is 4.23. The first kappa shape index (κ1) is 18.4. The molecule has 6 heteroatoms. The molecule has 0 atom stereocenters. The Kier molecular flexibility index (Phi) is 7.71. The quantitative estimate of drug-likeness (QED) is 0.725. The summed E-state index contributed by atoms with van der Waals surface area (Å²) >= 11 is 0. The van der Waals surface area contributed by atoms with E-state index < -0.39 is 0 Å². The Morgan fingerprint density at radius 2 is 1.92 bits per heavy atom. The Morgan fingerprint density at radius 3 is 2.58 bits per heavy atom. The van der Waals surface area contributed by atoms with Crippen molar-refractivity contribution in [3.8, 4) is 0 Å². The maximum Gasteiger partial charge on any atom is 0.221 e. The lowest BCUT2D eigenvalue weighted by atomic mass is 10.2. The fraction of sp³-hybridized carbons (Fsp3) is 0.556. The van der Waals surface area contributed by atoms with E-state index in [1.807, 2.05) is 30.3 Å². The van der Waals surface area contributed by atoms with E-state index in [1.165, 1.54) is 0 Å². The minimum Gasteiger partial charge on any atom is -0.355 e. The van der Waals surface area contributed by atoms with Crippen LogP contribution in [-0.2, 0) is 16.1 Å². The first-order valence-electron chi connectivity index (χ1n) is 8.64.